The molecule has 1 fully saturated rings. The van der Waals surface area contributed by atoms with Gasteiger partial charge in [0.25, 0.3) is 5.56 Å². The molecule has 3 heterocycles. The molecule has 1 aliphatic heterocycles. The van der Waals surface area contributed by atoms with Crippen LogP contribution in [0.3, 0.4) is 0 Å². The maximum Gasteiger partial charge on any atom is 0.328 e. The standard InChI is InChI=1S/C16H18N4O3/c1-11-9-19(16(23)18-15(11)22)10-14(21)20-8-4-6-13(20)12-5-2-3-7-17-12/h2-3,5,7,9,13H,4,6,8,10H2,1H3,(H,18,22,23). The third-order valence-corrected chi connectivity index (χ3v) is 4.10. The van der Waals surface area contributed by atoms with Gasteiger partial charge in [0.1, 0.15) is 6.54 Å². The van der Waals surface area contributed by atoms with Gasteiger partial charge in [0.15, 0.2) is 0 Å². The third kappa shape index (κ3) is 3.08. The van der Waals surface area contributed by atoms with E-state index in [0.717, 1.165) is 18.5 Å². The van der Waals surface area contributed by atoms with E-state index >= 15 is 0 Å². The minimum Gasteiger partial charge on any atom is -0.333 e. The van der Waals surface area contributed by atoms with Crippen molar-refractivity contribution >= 4 is 5.91 Å². The van der Waals surface area contributed by atoms with E-state index < -0.39 is 11.2 Å². The van der Waals surface area contributed by atoms with E-state index in [4.69, 9.17) is 0 Å². The molecule has 0 bridgehead atoms. The molecule has 3 rings (SSSR count). The number of carbonyl (C=O) groups excluding carboxylic acids is 1. The molecule has 1 amide bonds. The largest absolute Gasteiger partial charge is 0.333 e. The first kappa shape index (κ1) is 15.2. The highest BCUT2D eigenvalue weighted by molar-refractivity contribution is 5.76. The quantitative estimate of drug-likeness (QED) is 0.899. The number of likely N-dealkylation sites (tertiary alicyclic amines) is 1. The Morgan fingerprint density at radius 1 is 1.39 bits per heavy atom. The summed E-state index contributed by atoms with van der Waals surface area (Å²) >= 11 is 0. The highest BCUT2D eigenvalue weighted by atomic mass is 16.2. The van der Waals surface area contributed by atoms with Gasteiger partial charge in [-0.25, -0.2) is 4.79 Å². The summed E-state index contributed by atoms with van der Waals surface area (Å²) in [6.07, 6.45) is 4.91. The molecule has 0 aromatic carbocycles. The van der Waals surface area contributed by atoms with Crippen LogP contribution < -0.4 is 11.2 Å². The second kappa shape index (κ2) is 6.20. The molecule has 0 radical (unpaired) electrons. The number of aryl methyl sites for hydroxylation is 1. The van der Waals surface area contributed by atoms with E-state index in [2.05, 4.69) is 9.97 Å². The number of hydrogen-bond acceptors (Lipinski definition) is 4. The maximum absolute atomic E-state index is 12.6. The van der Waals surface area contributed by atoms with E-state index in [9.17, 15) is 14.4 Å². The van der Waals surface area contributed by atoms with Gasteiger partial charge in [-0.1, -0.05) is 6.07 Å². The van der Waals surface area contributed by atoms with Crippen molar-refractivity contribution < 1.29 is 4.79 Å². The molecule has 0 spiro atoms. The summed E-state index contributed by atoms with van der Waals surface area (Å²) in [7, 11) is 0. The smallest absolute Gasteiger partial charge is 0.328 e. The summed E-state index contributed by atoms with van der Waals surface area (Å²) in [5.74, 6) is -0.147. The first-order chi connectivity index (χ1) is 11.1. The number of H-pyrrole nitrogens is 1. The normalized spacial score (nSPS) is 17.4. The van der Waals surface area contributed by atoms with Crippen LogP contribution in [0.25, 0.3) is 0 Å². The van der Waals surface area contributed by atoms with Crippen molar-refractivity contribution in [2.24, 2.45) is 0 Å². The molecular weight excluding hydrogens is 296 g/mol. The Hall–Kier alpha value is -2.70. The molecule has 120 valence electrons. The van der Waals surface area contributed by atoms with Gasteiger partial charge in [-0.05, 0) is 31.9 Å². The fourth-order valence-corrected chi connectivity index (χ4v) is 2.92. The maximum atomic E-state index is 12.6. The first-order valence-electron chi connectivity index (χ1n) is 7.57. The van der Waals surface area contributed by atoms with Gasteiger partial charge in [-0.3, -0.25) is 24.1 Å². The molecule has 1 unspecified atom stereocenters. The zero-order valence-corrected chi connectivity index (χ0v) is 12.9. The number of carbonyl (C=O) groups is 1. The predicted octanol–water partition coefficient (Wildman–Crippen LogP) is 0.604. The number of hydrogen-bond donors (Lipinski definition) is 1. The lowest BCUT2D eigenvalue weighted by atomic mass is 10.1. The Balaban J connectivity index is 1.82. The molecule has 7 nitrogen and oxygen atoms in total. The van der Waals surface area contributed by atoms with Crippen LogP contribution >= 0.6 is 0 Å². The highest BCUT2D eigenvalue weighted by Gasteiger charge is 2.30. The Kier molecular flexibility index (Phi) is 4.10. The SMILES string of the molecule is Cc1cn(CC(=O)N2CCCC2c2ccccn2)c(=O)[nH]c1=O. The molecule has 0 aliphatic carbocycles. The lowest BCUT2D eigenvalue weighted by Gasteiger charge is -2.24. The van der Waals surface area contributed by atoms with E-state index in [0.29, 0.717) is 12.1 Å². The summed E-state index contributed by atoms with van der Waals surface area (Å²) in [6, 6.07) is 5.60. The number of nitrogens with zero attached hydrogens (tertiary/aromatic N) is 3. The van der Waals surface area contributed by atoms with Crippen LogP contribution in [0.5, 0.6) is 0 Å². The van der Waals surface area contributed by atoms with Crippen molar-refractivity contribution in [2.45, 2.75) is 32.4 Å². The van der Waals surface area contributed by atoms with Gasteiger partial charge >= 0.3 is 5.69 Å². The molecular formula is C16H18N4O3. The van der Waals surface area contributed by atoms with E-state index in [1.165, 1.54) is 10.8 Å². The predicted molar refractivity (Wildman–Crippen MR) is 84.0 cm³/mol. The average molecular weight is 314 g/mol. The summed E-state index contributed by atoms with van der Waals surface area (Å²) in [5, 5.41) is 0. The second-order valence-electron chi connectivity index (χ2n) is 5.70. The Bertz CT molecular complexity index is 825. The van der Waals surface area contributed by atoms with Crippen LogP contribution in [-0.4, -0.2) is 31.9 Å². The molecule has 7 heteroatoms. The van der Waals surface area contributed by atoms with Crippen molar-refractivity contribution in [2.75, 3.05) is 6.54 Å². The van der Waals surface area contributed by atoms with Crippen molar-refractivity contribution in [1.29, 1.82) is 0 Å². The van der Waals surface area contributed by atoms with E-state index in [1.807, 2.05) is 18.2 Å². The van der Waals surface area contributed by atoms with E-state index in [-0.39, 0.29) is 18.5 Å². The topological polar surface area (TPSA) is 88.1 Å². The van der Waals surface area contributed by atoms with E-state index in [1.54, 1.807) is 18.0 Å². The average Bonchev–Trinajstić information content (AvgIpc) is 3.03. The second-order valence-corrected chi connectivity index (χ2v) is 5.70. The number of amides is 1. The summed E-state index contributed by atoms with van der Waals surface area (Å²) in [5.41, 5.74) is 0.275. The summed E-state index contributed by atoms with van der Waals surface area (Å²) in [4.78, 5) is 44.1. The van der Waals surface area contributed by atoms with Gasteiger partial charge in [0, 0.05) is 24.5 Å². The van der Waals surface area contributed by atoms with Gasteiger partial charge < -0.3 is 4.90 Å². The number of pyridine rings is 1. The number of nitrogens with one attached hydrogen (secondary N) is 1. The minimum atomic E-state index is -0.567. The zero-order valence-electron chi connectivity index (χ0n) is 12.9. The number of aromatic amines is 1. The fourth-order valence-electron chi connectivity index (χ4n) is 2.92. The molecule has 1 N–H and O–H groups in total. The van der Waals surface area contributed by atoms with Gasteiger partial charge in [0.05, 0.1) is 11.7 Å². The molecule has 1 aliphatic rings. The Morgan fingerprint density at radius 3 is 2.96 bits per heavy atom. The van der Waals surface area contributed by atoms with Crippen molar-refractivity contribution in [3.63, 3.8) is 0 Å². The molecule has 1 saturated heterocycles. The lowest BCUT2D eigenvalue weighted by molar-refractivity contribution is -0.132. The van der Waals surface area contributed by atoms with Crippen LogP contribution in [0.15, 0.2) is 40.2 Å². The van der Waals surface area contributed by atoms with Crippen LogP contribution in [-0.2, 0) is 11.3 Å². The van der Waals surface area contributed by atoms with Crippen molar-refractivity contribution in [1.82, 2.24) is 19.4 Å². The molecule has 0 saturated carbocycles. The highest BCUT2D eigenvalue weighted by Crippen LogP contribution is 2.30. The summed E-state index contributed by atoms with van der Waals surface area (Å²) < 4.78 is 1.24. The van der Waals surface area contributed by atoms with Crippen molar-refractivity contribution in [3.05, 3.63) is 62.7 Å². The lowest BCUT2D eigenvalue weighted by Crippen LogP contribution is -2.38. The van der Waals surface area contributed by atoms with Gasteiger partial charge in [-0.2, -0.15) is 0 Å². The summed E-state index contributed by atoms with van der Waals surface area (Å²) in [6.45, 7) is 2.17. The fraction of sp³-hybridized carbons (Fsp3) is 0.375. The Labute approximate surface area is 132 Å². The molecule has 2 aromatic rings. The Morgan fingerprint density at radius 2 is 2.22 bits per heavy atom. The van der Waals surface area contributed by atoms with Crippen LogP contribution in [0.2, 0.25) is 0 Å². The molecule has 23 heavy (non-hydrogen) atoms. The third-order valence-electron chi connectivity index (χ3n) is 4.10. The monoisotopic (exact) mass is 314 g/mol. The van der Waals surface area contributed by atoms with Crippen molar-refractivity contribution in [3.8, 4) is 0 Å². The molecule has 2 aromatic heterocycles. The first-order valence-corrected chi connectivity index (χ1v) is 7.57. The number of aromatic nitrogens is 3. The molecule has 1 atom stereocenters. The van der Waals surface area contributed by atoms with Gasteiger partial charge in [-0.15, -0.1) is 0 Å². The van der Waals surface area contributed by atoms with Crippen LogP contribution in [0, 0.1) is 6.92 Å². The van der Waals surface area contributed by atoms with Gasteiger partial charge in [0.2, 0.25) is 5.91 Å². The van der Waals surface area contributed by atoms with Crippen LogP contribution in [0.4, 0.5) is 0 Å². The van der Waals surface area contributed by atoms with Crippen LogP contribution in [0.1, 0.15) is 30.1 Å². The zero-order chi connectivity index (χ0) is 16.4. The minimum absolute atomic E-state index is 0.0525. The number of rotatable bonds is 3.